The van der Waals surface area contributed by atoms with Crippen LogP contribution in [0.2, 0.25) is 0 Å². The maximum atomic E-state index is 12.1. The third-order valence-electron chi connectivity index (χ3n) is 3.28. The number of hydrogen-bond acceptors (Lipinski definition) is 6. The molecule has 8 nitrogen and oxygen atoms in total. The van der Waals surface area contributed by atoms with Crippen molar-refractivity contribution in [1.82, 2.24) is 9.62 Å². The number of amides is 1. The van der Waals surface area contributed by atoms with E-state index in [2.05, 4.69) is 5.32 Å². The van der Waals surface area contributed by atoms with Crippen molar-refractivity contribution < 1.29 is 27.5 Å². The summed E-state index contributed by atoms with van der Waals surface area (Å²) in [7, 11) is -0.854. The fourth-order valence-electron chi connectivity index (χ4n) is 1.88. The molecule has 0 saturated carbocycles. The van der Waals surface area contributed by atoms with Crippen LogP contribution in [0.25, 0.3) is 0 Å². The number of ether oxygens (including phenoxy) is 2. The standard InChI is InChI=1S/C17H26N2O6S/c1-13(2)24-10-6-9-18-16(20)12-25-17(21)14-7-5-8-15(11-14)26(22,23)19(3)4/h5,7-8,11,13H,6,9-10,12H2,1-4H3,(H,18,20). The highest BCUT2D eigenvalue weighted by molar-refractivity contribution is 7.89. The average molecular weight is 386 g/mol. The molecule has 0 saturated heterocycles. The van der Waals surface area contributed by atoms with Gasteiger partial charge >= 0.3 is 5.97 Å². The number of carbonyl (C=O) groups is 2. The molecule has 1 aromatic rings. The zero-order valence-electron chi connectivity index (χ0n) is 15.5. The van der Waals surface area contributed by atoms with Gasteiger partial charge in [-0.25, -0.2) is 17.5 Å². The first-order chi connectivity index (χ1) is 12.1. The zero-order valence-corrected chi connectivity index (χ0v) is 16.3. The van der Waals surface area contributed by atoms with Gasteiger partial charge in [0.1, 0.15) is 0 Å². The fourth-order valence-corrected chi connectivity index (χ4v) is 2.83. The molecule has 0 radical (unpaired) electrons. The lowest BCUT2D eigenvalue weighted by atomic mass is 10.2. The Morgan fingerprint density at radius 2 is 1.92 bits per heavy atom. The van der Waals surface area contributed by atoms with Gasteiger partial charge in [0.05, 0.1) is 16.6 Å². The number of carbonyl (C=O) groups excluding carboxylic acids is 2. The third kappa shape index (κ3) is 7.11. The first-order valence-electron chi connectivity index (χ1n) is 8.22. The second kappa shape index (κ2) is 10.2. The first kappa shape index (κ1) is 22.1. The summed E-state index contributed by atoms with van der Waals surface area (Å²) in [5.41, 5.74) is 0.0612. The number of nitrogens with zero attached hydrogens (tertiary/aromatic N) is 1. The van der Waals surface area contributed by atoms with Crippen LogP contribution in [0.1, 0.15) is 30.6 Å². The summed E-state index contributed by atoms with van der Waals surface area (Å²) < 4.78 is 35.5. The molecule has 1 amide bonds. The summed E-state index contributed by atoms with van der Waals surface area (Å²) in [6.07, 6.45) is 0.793. The topological polar surface area (TPSA) is 102 Å². The number of sulfonamides is 1. The van der Waals surface area contributed by atoms with Crippen molar-refractivity contribution in [2.75, 3.05) is 33.9 Å². The lowest BCUT2D eigenvalue weighted by molar-refractivity contribution is -0.124. The Hall–Kier alpha value is -1.97. The van der Waals surface area contributed by atoms with Gasteiger partial charge in [-0.15, -0.1) is 0 Å². The highest BCUT2D eigenvalue weighted by Crippen LogP contribution is 2.15. The van der Waals surface area contributed by atoms with Crippen molar-refractivity contribution in [1.29, 1.82) is 0 Å². The van der Waals surface area contributed by atoms with Crippen molar-refractivity contribution in [2.24, 2.45) is 0 Å². The van der Waals surface area contributed by atoms with E-state index in [-0.39, 0.29) is 16.6 Å². The molecule has 146 valence electrons. The van der Waals surface area contributed by atoms with Crippen LogP contribution < -0.4 is 5.32 Å². The Morgan fingerprint density at radius 1 is 1.23 bits per heavy atom. The lowest BCUT2D eigenvalue weighted by Crippen LogP contribution is -2.30. The molecule has 0 aromatic heterocycles. The predicted molar refractivity (Wildman–Crippen MR) is 96.3 cm³/mol. The largest absolute Gasteiger partial charge is 0.452 e. The molecule has 0 aliphatic carbocycles. The van der Waals surface area contributed by atoms with Crippen LogP contribution in [-0.2, 0) is 24.3 Å². The number of esters is 1. The number of nitrogens with one attached hydrogen (secondary N) is 1. The molecule has 0 unspecified atom stereocenters. The van der Waals surface area contributed by atoms with E-state index in [9.17, 15) is 18.0 Å². The van der Waals surface area contributed by atoms with Crippen molar-refractivity contribution in [3.05, 3.63) is 29.8 Å². The van der Waals surface area contributed by atoms with Gasteiger partial charge in [0.15, 0.2) is 6.61 Å². The second-order valence-electron chi connectivity index (χ2n) is 6.01. The maximum absolute atomic E-state index is 12.1. The minimum atomic E-state index is -3.65. The molecule has 0 spiro atoms. The van der Waals surface area contributed by atoms with Gasteiger partial charge in [0.25, 0.3) is 5.91 Å². The summed E-state index contributed by atoms with van der Waals surface area (Å²) in [5.74, 6) is -1.20. The number of benzene rings is 1. The Kier molecular flexibility index (Phi) is 8.70. The van der Waals surface area contributed by atoms with E-state index in [0.29, 0.717) is 19.6 Å². The smallest absolute Gasteiger partial charge is 0.338 e. The summed E-state index contributed by atoms with van der Waals surface area (Å²) >= 11 is 0. The number of hydrogen-bond donors (Lipinski definition) is 1. The average Bonchev–Trinajstić information content (AvgIpc) is 2.59. The van der Waals surface area contributed by atoms with Crippen LogP contribution in [-0.4, -0.2) is 64.6 Å². The van der Waals surface area contributed by atoms with Gasteiger partial charge in [-0.2, -0.15) is 0 Å². The minimum Gasteiger partial charge on any atom is -0.452 e. The van der Waals surface area contributed by atoms with Gasteiger partial charge in [-0.05, 0) is 38.5 Å². The van der Waals surface area contributed by atoms with E-state index < -0.39 is 28.5 Å². The molecule has 0 aliphatic rings. The Bertz CT molecular complexity index is 716. The van der Waals surface area contributed by atoms with Crippen LogP contribution >= 0.6 is 0 Å². The Balaban J connectivity index is 2.50. The first-order valence-corrected chi connectivity index (χ1v) is 9.66. The minimum absolute atomic E-state index is 0.0217. The highest BCUT2D eigenvalue weighted by atomic mass is 32.2. The summed E-state index contributed by atoms with van der Waals surface area (Å²) in [6, 6.07) is 5.48. The van der Waals surface area contributed by atoms with E-state index in [1.807, 2.05) is 13.8 Å². The fraction of sp³-hybridized carbons (Fsp3) is 0.529. The van der Waals surface area contributed by atoms with Crippen LogP contribution in [0.4, 0.5) is 0 Å². The summed E-state index contributed by atoms with van der Waals surface area (Å²) in [6.45, 7) is 4.37. The molecule has 0 bridgehead atoms. The Labute approximate surface area is 154 Å². The van der Waals surface area contributed by atoms with Crippen molar-refractivity contribution >= 4 is 21.9 Å². The predicted octanol–water partition coefficient (Wildman–Crippen LogP) is 1.03. The van der Waals surface area contributed by atoms with Crippen LogP contribution in [0.15, 0.2) is 29.2 Å². The van der Waals surface area contributed by atoms with E-state index in [1.165, 1.54) is 38.4 Å². The molecular weight excluding hydrogens is 360 g/mol. The molecule has 1 rings (SSSR count). The second-order valence-corrected chi connectivity index (χ2v) is 8.17. The van der Waals surface area contributed by atoms with Gasteiger partial charge in [-0.3, -0.25) is 4.79 Å². The van der Waals surface area contributed by atoms with E-state index >= 15 is 0 Å². The van der Waals surface area contributed by atoms with Gasteiger partial charge in [0, 0.05) is 27.2 Å². The van der Waals surface area contributed by atoms with Crippen LogP contribution in [0, 0.1) is 0 Å². The van der Waals surface area contributed by atoms with Crippen molar-refractivity contribution in [3.63, 3.8) is 0 Å². The normalized spacial score (nSPS) is 11.6. The van der Waals surface area contributed by atoms with Crippen LogP contribution in [0.5, 0.6) is 0 Å². The zero-order chi connectivity index (χ0) is 19.7. The van der Waals surface area contributed by atoms with E-state index in [0.717, 1.165) is 4.31 Å². The SMILES string of the molecule is CC(C)OCCCNC(=O)COC(=O)c1cccc(S(=O)(=O)N(C)C)c1. The highest BCUT2D eigenvalue weighted by Gasteiger charge is 2.19. The summed E-state index contributed by atoms with van der Waals surface area (Å²) in [4.78, 5) is 23.7. The van der Waals surface area contributed by atoms with Crippen molar-refractivity contribution in [3.8, 4) is 0 Å². The van der Waals surface area contributed by atoms with Gasteiger partial charge in [-0.1, -0.05) is 6.07 Å². The van der Waals surface area contributed by atoms with Crippen LogP contribution in [0.3, 0.4) is 0 Å². The maximum Gasteiger partial charge on any atom is 0.338 e. The Morgan fingerprint density at radius 3 is 2.54 bits per heavy atom. The van der Waals surface area contributed by atoms with E-state index in [4.69, 9.17) is 9.47 Å². The molecule has 26 heavy (non-hydrogen) atoms. The molecular formula is C17H26N2O6S. The molecule has 0 atom stereocenters. The molecule has 1 N–H and O–H groups in total. The van der Waals surface area contributed by atoms with Gasteiger partial charge in [0.2, 0.25) is 10.0 Å². The summed E-state index contributed by atoms with van der Waals surface area (Å²) in [5, 5.41) is 2.62. The third-order valence-corrected chi connectivity index (χ3v) is 5.09. The molecule has 0 fully saturated rings. The van der Waals surface area contributed by atoms with E-state index in [1.54, 1.807) is 0 Å². The van der Waals surface area contributed by atoms with Gasteiger partial charge < -0.3 is 14.8 Å². The molecule has 1 aromatic carbocycles. The molecule has 0 heterocycles. The number of rotatable bonds is 10. The van der Waals surface area contributed by atoms with Crippen molar-refractivity contribution in [2.45, 2.75) is 31.3 Å². The molecule has 9 heteroatoms. The monoisotopic (exact) mass is 386 g/mol. The quantitative estimate of drug-likeness (QED) is 0.476. The lowest BCUT2D eigenvalue weighted by Gasteiger charge is -2.12. The molecule has 0 aliphatic heterocycles.